The number of thiophene rings is 1. The van der Waals surface area contributed by atoms with Gasteiger partial charge < -0.3 is 5.11 Å². The number of carboxylic acids is 1. The molecule has 0 saturated carbocycles. The topological polar surface area (TPSA) is 37.3 Å². The van der Waals surface area contributed by atoms with Crippen molar-refractivity contribution in [1.82, 2.24) is 0 Å². The predicted octanol–water partition coefficient (Wildman–Crippen LogP) is 5.05. The molecule has 1 aromatic carbocycles. The van der Waals surface area contributed by atoms with Crippen LogP contribution in [0.15, 0.2) is 34.5 Å². The second-order valence-electron chi connectivity index (χ2n) is 3.49. The summed E-state index contributed by atoms with van der Waals surface area (Å²) in [4.78, 5) is 12.0. The van der Waals surface area contributed by atoms with Gasteiger partial charge in [-0.2, -0.15) is 0 Å². The third-order valence-electron chi connectivity index (χ3n) is 2.18. The van der Waals surface area contributed by atoms with Gasteiger partial charge in [-0.25, -0.2) is 4.79 Å². The number of carbonyl (C=O) groups is 1. The van der Waals surface area contributed by atoms with Crippen LogP contribution in [0.5, 0.6) is 0 Å². The molecule has 2 nitrogen and oxygen atoms in total. The predicted molar refractivity (Wildman–Crippen MR) is 77.3 cm³/mol. The molecule has 0 aliphatic heterocycles. The molecule has 0 aliphatic carbocycles. The summed E-state index contributed by atoms with van der Waals surface area (Å²) in [6.07, 6.45) is 0. The number of halogens is 2. The van der Waals surface area contributed by atoms with Crippen molar-refractivity contribution in [2.24, 2.45) is 0 Å². The lowest BCUT2D eigenvalue weighted by Crippen LogP contribution is -1.89. The van der Waals surface area contributed by atoms with Crippen LogP contribution in [0.3, 0.4) is 0 Å². The van der Waals surface area contributed by atoms with Crippen LogP contribution in [0.25, 0.3) is 0 Å². The summed E-state index contributed by atoms with van der Waals surface area (Å²) in [5, 5.41) is 11.7. The lowest BCUT2D eigenvalue weighted by Gasteiger charge is -2.02. The number of benzene rings is 1. The summed E-state index contributed by atoms with van der Waals surface area (Å²) < 4.78 is 0. The minimum absolute atomic E-state index is 0.353. The molecule has 0 saturated heterocycles. The van der Waals surface area contributed by atoms with Crippen LogP contribution in [-0.2, 0) is 5.75 Å². The van der Waals surface area contributed by atoms with Crippen LogP contribution in [0.2, 0.25) is 10.0 Å². The van der Waals surface area contributed by atoms with E-state index in [2.05, 4.69) is 0 Å². The van der Waals surface area contributed by atoms with E-state index in [1.54, 1.807) is 23.9 Å². The smallest absolute Gasteiger partial charge is 0.345 e. The summed E-state index contributed by atoms with van der Waals surface area (Å²) in [5.74, 6) is -0.159. The van der Waals surface area contributed by atoms with E-state index >= 15 is 0 Å². The third-order valence-corrected chi connectivity index (χ3v) is 5.03. The van der Waals surface area contributed by atoms with Gasteiger partial charge in [-0.15, -0.1) is 23.1 Å². The first kappa shape index (κ1) is 13.7. The molecular formula is C12H8Cl2O2S2. The zero-order valence-electron chi connectivity index (χ0n) is 9.02. The van der Waals surface area contributed by atoms with Gasteiger partial charge in [-0.1, -0.05) is 29.3 Å². The lowest BCUT2D eigenvalue weighted by molar-refractivity contribution is 0.0702. The highest BCUT2D eigenvalue weighted by atomic mass is 35.5. The Bertz CT molecular complexity index is 581. The van der Waals surface area contributed by atoms with Crippen LogP contribution < -0.4 is 0 Å². The Labute approximate surface area is 123 Å². The summed E-state index contributed by atoms with van der Waals surface area (Å²) in [6, 6.07) is 7.17. The Morgan fingerprint density at radius 1 is 1.28 bits per heavy atom. The second kappa shape index (κ2) is 5.97. The van der Waals surface area contributed by atoms with Crippen molar-refractivity contribution in [1.29, 1.82) is 0 Å². The molecule has 0 radical (unpaired) electrons. The lowest BCUT2D eigenvalue weighted by atomic mass is 10.2. The van der Waals surface area contributed by atoms with Crippen LogP contribution in [0, 0.1) is 0 Å². The van der Waals surface area contributed by atoms with E-state index in [0.29, 0.717) is 14.9 Å². The normalized spacial score (nSPS) is 10.6. The first-order valence-corrected chi connectivity index (χ1v) is 7.57. The van der Waals surface area contributed by atoms with Crippen molar-refractivity contribution in [3.8, 4) is 0 Å². The van der Waals surface area contributed by atoms with Gasteiger partial charge in [-0.05, 0) is 23.8 Å². The van der Waals surface area contributed by atoms with Crippen LogP contribution in [0.1, 0.15) is 15.2 Å². The minimum atomic E-state index is -0.888. The van der Waals surface area contributed by atoms with E-state index in [4.69, 9.17) is 28.3 Å². The highest BCUT2D eigenvalue weighted by Gasteiger charge is 2.07. The third kappa shape index (κ3) is 3.42. The number of carboxylic acid groups (broad SMARTS) is 1. The Morgan fingerprint density at radius 2 is 2.06 bits per heavy atom. The van der Waals surface area contributed by atoms with Crippen molar-refractivity contribution in [2.45, 2.75) is 10.6 Å². The number of rotatable bonds is 4. The van der Waals surface area contributed by atoms with Gasteiger partial charge in [0.05, 0.1) is 10.0 Å². The van der Waals surface area contributed by atoms with Crippen LogP contribution >= 0.6 is 46.3 Å². The highest BCUT2D eigenvalue weighted by Crippen LogP contribution is 2.30. The second-order valence-corrected chi connectivity index (χ2v) is 6.26. The molecule has 0 atom stereocenters. The van der Waals surface area contributed by atoms with E-state index in [1.165, 1.54) is 11.3 Å². The monoisotopic (exact) mass is 318 g/mol. The van der Waals surface area contributed by atoms with Crippen molar-refractivity contribution < 1.29 is 9.90 Å². The molecule has 0 unspecified atom stereocenters. The standard InChI is InChI=1S/C12H8Cl2O2S2/c13-9-2-1-7(3-10(9)14)5-17-8-4-11(12(15)16)18-6-8/h1-4,6H,5H2,(H,15,16). The molecule has 1 aromatic heterocycles. The molecule has 0 bridgehead atoms. The Kier molecular flexibility index (Phi) is 4.56. The van der Waals surface area contributed by atoms with Crippen molar-refractivity contribution in [2.75, 3.05) is 0 Å². The van der Waals surface area contributed by atoms with E-state index in [1.807, 2.05) is 17.5 Å². The molecule has 18 heavy (non-hydrogen) atoms. The fourth-order valence-electron chi connectivity index (χ4n) is 1.30. The average molecular weight is 319 g/mol. The van der Waals surface area contributed by atoms with Gasteiger partial charge in [0.25, 0.3) is 0 Å². The van der Waals surface area contributed by atoms with Gasteiger partial charge in [0.15, 0.2) is 0 Å². The zero-order valence-corrected chi connectivity index (χ0v) is 12.2. The maximum absolute atomic E-state index is 10.7. The molecule has 0 amide bonds. The maximum Gasteiger partial charge on any atom is 0.345 e. The van der Waals surface area contributed by atoms with Gasteiger partial charge >= 0.3 is 5.97 Å². The number of thioether (sulfide) groups is 1. The van der Waals surface area contributed by atoms with Crippen molar-refractivity contribution in [3.05, 3.63) is 50.1 Å². The summed E-state index contributed by atoms with van der Waals surface area (Å²) in [7, 11) is 0. The minimum Gasteiger partial charge on any atom is -0.477 e. The largest absolute Gasteiger partial charge is 0.477 e. The Balaban J connectivity index is 2.02. The molecule has 0 fully saturated rings. The first-order chi connectivity index (χ1) is 8.56. The highest BCUT2D eigenvalue weighted by molar-refractivity contribution is 7.98. The number of hydrogen-bond acceptors (Lipinski definition) is 3. The summed E-state index contributed by atoms with van der Waals surface area (Å²) >= 11 is 14.6. The number of hydrogen-bond donors (Lipinski definition) is 1. The molecule has 6 heteroatoms. The first-order valence-electron chi connectivity index (χ1n) is 4.95. The molecule has 2 aromatic rings. The molecular weight excluding hydrogens is 311 g/mol. The molecule has 1 heterocycles. The molecule has 0 aliphatic rings. The van der Waals surface area contributed by atoms with Gasteiger partial charge in [0.1, 0.15) is 4.88 Å². The fraction of sp³-hybridized carbons (Fsp3) is 0.0833. The fourth-order valence-corrected chi connectivity index (χ4v) is 3.44. The maximum atomic E-state index is 10.7. The zero-order chi connectivity index (χ0) is 13.1. The van der Waals surface area contributed by atoms with Crippen molar-refractivity contribution in [3.63, 3.8) is 0 Å². The summed E-state index contributed by atoms with van der Waals surface area (Å²) in [5.41, 5.74) is 1.05. The Morgan fingerprint density at radius 3 is 2.67 bits per heavy atom. The van der Waals surface area contributed by atoms with E-state index < -0.39 is 5.97 Å². The van der Waals surface area contributed by atoms with E-state index in [9.17, 15) is 4.79 Å². The van der Waals surface area contributed by atoms with Crippen LogP contribution in [0.4, 0.5) is 0 Å². The SMILES string of the molecule is O=C(O)c1cc(SCc2ccc(Cl)c(Cl)c2)cs1. The Hall–Kier alpha value is -0.680. The molecule has 1 N–H and O–H groups in total. The van der Waals surface area contributed by atoms with E-state index in [-0.39, 0.29) is 0 Å². The van der Waals surface area contributed by atoms with Gasteiger partial charge in [-0.3, -0.25) is 0 Å². The van der Waals surface area contributed by atoms with Gasteiger partial charge in [0.2, 0.25) is 0 Å². The summed E-state index contributed by atoms with van der Waals surface area (Å²) in [6.45, 7) is 0. The average Bonchev–Trinajstić information content (AvgIpc) is 2.79. The molecule has 2 rings (SSSR count). The van der Waals surface area contributed by atoms with Crippen LogP contribution in [-0.4, -0.2) is 11.1 Å². The van der Waals surface area contributed by atoms with E-state index in [0.717, 1.165) is 16.2 Å². The number of aromatic carboxylic acids is 1. The molecule has 0 spiro atoms. The van der Waals surface area contributed by atoms with Crippen molar-refractivity contribution >= 4 is 52.3 Å². The van der Waals surface area contributed by atoms with Gasteiger partial charge in [0, 0.05) is 16.0 Å². The quantitative estimate of drug-likeness (QED) is 0.802. The molecule has 94 valence electrons.